The van der Waals surface area contributed by atoms with Crippen LogP contribution in [0.4, 0.5) is 0 Å². The highest BCUT2D eigenvalue weighted by Gasteiger charge is 2.06. The predicted octanol–water partition coefficient (Wildman–Crippen LogP) is 1.52. The molecule has 0 aliphatic heterocycles. The van der Waals surface area contributed by atoms with Crippen molar-refractivity contribution in [2.75, 3.05) is 13.1 Å². The van der Waals surface area contributed by atoms with Crippen LogP contribution in [-0.2, 0) is 0 Å². The van der Waals surface area contributed by atoms with Crippen LogP contribution in [-0.4, -0.2) is 24.0 Å². The fourth-order valence-electron chi connectivity index (χ4n) is 0.972. The zero-order valence-electron chi connectivity index (χ0n) is 7.75. The molecule has 0 unspecified atom stereocenters. The third-order valence-electron chi connectivity index (χ3n) is 1.74. The maximum absolute atomic E-state index is 8.49. The summed E-state index contributed by atoms with van der Waals surface area (Å²) >= 11 is 0. The number of hydrogen-bond donors (Lipinski definition) is 0. The van der Waals surface area contributed by atoms with Crippen molar-refractivity contribution in [3.8, 4) is 12.1 Å². The van der Waals surface area contributed by atoms with E-state index in [1.165, 1.54) is 0 Å². The highest BCUT2D eigenvalue weighted by Crippen LogP contribution is 1.99. The van der Waals surface area contributed by atoms with Crippen molar-refractivity contribution in [2.45, 2.75) is 32.7 Å². The molecule has 0 fully saturated rings. The quantitative estimate of drug-likeness (QED) is 0.458. The van der Waals surface area contributed by atoms with E-state index in [0.29, 0.717) is 19.0 Å². The molecule has 0 saturated carbocycles. The normalized spacial score (nSPS) is 9.83. The standard InChI is InChI=1S/C9H15N3/c1-9(2)12(8-6-11)7-4-3-5-10/h9H,3-4,7-8H2,1-2H3. The molecule has 0 aromatic carbocycles. The third-order valence-corrected chi connectivity index (χ3v) is 1.74. The Balaban J connectivity index is 3.67. The van der Waals surface area contributed by atoms with E-state index < -0.39 is 0 Å². The van der Waals surface area contributed by atoms with Gasteiger partial charge in [-0.1, -0.05) is 0 Å². The molecule has 0 atom stereocenters. The second-order valence-corrected chi connectivity index (χ2v) is 2.98. The monoisotopic (exact) mass is 165 g/mol. The Bertz CT molecular complexity index is 185. The van der Waals surface area contributed by atoms with E-state index in [4.69, 9.17) is 10.5 Å². The van der Waals surface area contributed by atoms with Crippen LogP contribution in [0.3, 0.4) is 0 Å². The van der Waals surface area contributed by atoms with Crippen molar-refractivity contribution >= 4 is 0 Å². The van der Waals surface area contributed by atoms with Crippen LogP contribution in [0.2, 0.25) is 0 Å². The summed E-state index contributed by atoms with van der Waals surface area (Å²) in [6.07, 6.45) is 1.44. The van der Waals surface area contributed by atoms with Crippen LogP contribution in [0, 0.1) is 22.7 Å². The lowest BCUT2D eigenvalue weighted by Gasteiger charge is -2.22. The first kappa shape index (κ1) is 10.9. The Labute approximate surface area is 74.2 Å². The zero-order valence-corrected chi connectivity index (χ0v) is 7.75. The molecule has 0 spiro atoms. The van der Waals surface area contributed by atoms with Crippen molar-refractivity contribution in [3.05, 3.63) is 0 Å². The predicted molar refractivity (Wildman–Crippen MR) is 47.2 cm³/mol. The molecule has 12 heavy (non-hydrogen) atoms. The average molecular weight is 165 g/mol. The second kappa shape index (κ2) is 6.64. The van der Waals surface area contributed by atoms with E-state index in [-0.39, 0.29) is 0 Å². The van der Waals surface area contributed by atoms with Crippen molar-refractivity contribution in [1.82, 2.24) is 4.90 Å². The Morgan fingerprint density at radius 2 is 1.92 bits per heavy atom. The van der Waals surface area contributed by atoms with E-state index in [1.54, 1.807) is 0 Å². The van der Waals surface area contributed by atoms with Gasteiger partial charge in [0.05, 0.1) is 18.7 Å². The minimum Gasteiger partial charge on any atom is -0.288 e. The smallest absolute Gasteiger partial charge is 0.0868 e. The number of nitriles is 2. The Morgan fingerprint density at radius 3 is 2.33 bits per heavy atom. The van der Waals surface area contributed by atoms with Crippen LogP contribution in [0.25, 0.3) is 0 Å². The molecule has 0 heterocycles. The lowest BCUT2D eigenvalue weighted by atomic mass is 10.2. The van der Waals surface area contributed by atoms with Gasteiger partial charge in [0.25, 0.3) is 0 Å². The van der Waals surface area contributed by atoms with Gasteiger partial charge < -0.3 is 0 Å². The molecule has 0 saturated heterocycles. The van der Waals surface area contributed by atoms with Crippen LogP contribution in [0.5, 0.6) is 0 Å². The lowest BCUT2D eigenvalue weighted by Crippen LogP contribution is -2.32. The van der Waals surface area contributed by atoms with Crippen LogP contribution in [0.15, 0.2) is 0 Å². The minimum atomic E-state index is 0.392. The van der Waals surface area contributed by atoms with E-state index in [1.807, 2.05) is 0 Å². The highest BCUT2D eigenvalue weighted by molar-refractivity contribution is 4.79. The molecule has 0 rings (SSSR count). The minimum absolute atomic E-state index is 0.392. The number of rotatable bonds is 5. The van der Waals surface area contributed by atoms with E-state index >= 15 is 0 Å². The van der Waals surface area contributed by atoms with Gasteiger partial charge in [0, 0.05) is 19.0 Å². The summed E-state index contributed by atoms with van der Waals surface area (Å²) < 4.78 is 0. The van der Waals surface area contributed by atoms with Gasteiger partial charge in [-0.2, -0.15) is 10.5 Å². The van der Waals surface area contributed by atoms with Crippen LogP contribution in [0.1, 0.15) is 26.7 Å². The molecule has 3 nitrogen and oxygen atoms in total. The SMILES string of the molecule is CC(C)N(CC#N)CCCC#N. The topological polar surface area (TPSA) is 50.8 Å². The molecule has 0 aromatic heterocycles. The molecular weight excluding hydrogens is 150 g/mol. The van der Waals surface area contributed by atoms with E-state index in [2.05, 4.69) is 30.9 Å². The first-order valence-electron chi connectivity index (χ1n) is 4.20. The Morgan fingerprint density at radius 1 is 1.25 bits per heavy atom. The molecule has 0 bridgehead atoms. The Hall–Kier alpha value is -1.06. The molecule has 3 heteroatoms. The summed E-state index contributed by atoms with van der Waals surface area (Å²) in [5, 5.41) is 16.8. The van der Waals surface area contributed by atoms with Crippen LogP contribution >= 0.6 is 0 Å². The zero-order chi connectivity index (χ0) is 9.40. The van der Waals surface area contributed by atoms with E-state index in [0.717, 1.165) is 13.0 Å². The van der Waals surface area contributed by atoms with Gasteiger partial charge in [0.15, 0.2) is 0 Å². The first-order valence-corrected chi connectivity index (χ1v) is 4.20. The van der Waals surface area contributed by atoms with Gasteiger partial charge in [-0.3, -0.25) is 4.90 Å². The van der Waals surface area contributed by atoms with Crippen molar-refractivity contribution in [2.24, 2.45) is 0 Å². The molecule has 0 aliphatic rings. The molecule has 0 aromatic rings. The number of nitrogens with zero attached hydrogens (tertiary/aromatic N) is 3. The molecule has 0 N–H and O–H groups in total. The van der Waals surface area contributed by atoms with Gasteiger partial charge in [-0.25, -0.2) is 0 Å². The highest BCUT2D eigenvalue weighted by atomic mass is 15.1. The third kappa shape index (κ3) is 4.71. The van der Waals surface area contributed by atoms with Crippen LogP contribution < -0.4 is 0 Å². The molecular formula is C9H15N3. The van der Waals surface area contributed by atoms with Crippen molar-refractivity contribution in [3.63, 3.8) is 0 Å². The Kier molecular flexibility index (Phi) is 6.05. The van der Waals surface area contributed by atoms with Crippen molar-refractivity contribution < 1.29 is 0 Å². The van der Waals surface area contributed by atoms with Gasteiger partial charge in [-0.05, 0) is 20.3 Å². The summed E-state index contributed by atoms with van der Waals surface area (Å²) in [5.74, 6) is 0. The van der Waals surface area contributed by atoms with Gasteiger partial charge in [0.1, 0.15) is 0 Å². The van der Waals surface area contributed by atoms with Gasteiger partial charge in [-0.15, -0.1) is 0 Å². The van der Waals surface area contributed by atoms with Gasteiger partial charge in [0.2, 0.25) is 0 Å². The number of unbranched alkanes of at least 4 members (excludes halogenated alkanes) is 1. The van der Waals surface area contributed by atoms with E-state index in [9.17, 15) is 0 Å². The summed E-state index contributed by atoms with van der Waals surface area (Å²) in [7, 11) is 0. The molecule has 0 aliphatic carbocycles. The molecule has 0 amide bonds. The number of hydrogen-bond acceptors (Lipinski definition) is 3. The maximum atomic E-state index is 8.49. The molecule has 0 radical (unpaired) electrons. The summed E-state index contributed by atoms with van der Waals surface area (Å²) in [5.41, 5.74) is 0. The second-order valence-electron chi connectivity index (χ2n) is 2.98. The summed E-state index contributed by atoms with van der Waals surface area (Å²) in [6.45, 7) is 5.43. The van der Waals surface area contributed by atoms with Crippen molar-refractivity contribution in [1.29, 1.82) is 10.5 Å². The maximum Gasteiger partial charge on any atom is 0.0868 e. The largest absolute Gasteiger partial charge is 0.288 e. The van der Waals surface area contributed by atoms with Gasteiger partial charge >= 0.3 is 0 Å². The fourth-order valence-corrected chi connectivity index (χ4v) is 0.972. The fraction of sp³-hybridized carbons (Fsp3) is 0.778. The molecule has 66 valence electrons. The summed E-state index contributed by atoms with van der Waals surface area (Å²) in [6, 6.07) is 4.61. The summed E-state index contributed by atoms with van der Waals surface area (Å²) in [4.78, 5) is 2.07. The lowest BCUT2D eigenvalue weighted by molar-refractivity contribution is 0.247. The average Bonchev–Trinajstić information content (AvgIpc) is 2.03. The first-order chi connectivity index (χ1) is 5.72.